The Labute approximate surface area is 635 Å². The molecule has 15 aromatic carbocycles. The zero-order valence-electron chi connectivity index (χ0n) is 66.8. The maximum Gasteiger partial charge on any atom is 0.252 e. The van der Waals surface area contributed by atoms with Gasteiger partial charge in [-0.2, -0.15) is 0 Å². The molecule has 0 spiro atoms. The second-order valence-corrected chi connectivity index (χ2v) is 32.1. The van der Waals surface area contributed by atoms with Crippen LogP contribution in [0.2, 0.25) is 0 Å². The first kappa shape index (κ1) is 59.9. The van der Waals surface area contributed by atoms with Crippen LogP contribution < -0.4 is 26.2 Å². The van der Waals surface area contributed by atoms with Gasteiger partial charge in [-0.1, -0.05) is 323 Å². The number of anilines is 6. The molecule has 0 radical (unpaired) electrons. The van der Waals surface area contributed by atoms with E-state index < -0.39 is 12.8 Å². The highest BCUT2D eigenvalue weighted by molar-refractivity contribution is 7.00. The summed E-state index contributed by atoms with van der Waals surface area (Å²) in [4.78, 5) is 9.34. The van der Waals surface area contributed by atoms with Gasteiger partial charge >= 0.3 is 0 Å². The Morgan fingerprint density at radius 2 is 0.766 bits per heavy atom. The molecule has 2 aromatic heterocycles. The SMILES string of the molecule is [2H]c1c([2H])c([2H])c(-c2ccc3c(c2)N(c2c(-c4ccccc4)cc(C(C)(C)C)cc2-c2ccccc2)c2cc4[nH]c5c(-c6ccccc6-c6ccccc6-c6ccccc6)cccc5c4c4c2B3c2ccc(-n3c5ccc(C(C)(C)C)cc5c5cc(C(C)(C)C)ccc53)cc2N4c2ccc(-c3ccccc3)cc2)c([2H])c1[2H]. The van der Waals surface area contributed by atoms with E-state index in [2.05, 4.69) is 379 Å². The summed E-state index contributed by atoms with van der Waals surface area (Å²) in [6.07, 6.45) is 0. The molecule has 0 saturated heterocycles. The molecule has 107 heavy (non-hydrogen) atoms. The molecule has 2 aliphatic rings. The number of hydrogen-bond donors (Lipinski definition) is 1. The quantitative estimate of drug-likeness (QED) is 0.138. The van der Waals surface area contributed by atoms with Gasteiger partial charge in [-0.3, -0.25) is 0 Å². The van der Waals surface area contributed by atoms with Gasteiger partial charge in [0.25, 0.3) is 6.71 Å². The standard InChI is InChI=1S/C102H83BN4/c1-100(2,3)72-49-56-90-85(59-72)86-60-73(101(4,5)6)50-57-91(86)105(90)76-53-55-88-93(63-76)106(75-51-46-67(47-52-75)65-30-15-10-16-31-65)99-95-82-45-29-44-81(80-43-28-27-42-79(80)78-41-26-25-40-77(78)68-34-19-12-20-35-68)97(82)104-89(95)64-94-96(99)103(88)87-54-48-71(66-32-17-11-18-33-66)58-92(87)107(94)98-83(69-36-21-13-22-37-69)61-74(102(7,8)9)62-84(98)70-38-23-14-24-39-70/h10-64,104H,1-9H3/i11D,17D,18D,32D,33D. The minimum absolute atomic E-state index is 0.103. The van der Waals surface area contributed by atoms with Crippen LogP contribution >= 0.6 is 0 Å². The third-order valence-corrected chi connectivity index (χ3v) is 22.5. The van der Waals surface area contributed by atoms with Crippen molar-refractivity contribution in [1.82, 2.24) is 9.55 Å². The molecular formula is C102H83BN4. The lowest BCUT2D eigenvalue weighted by Crippen LogP contribution is -2.61. The zero-order chi connectivity index (χ0) is 77.0. The Balaban J connectivity index is 0.987. The number of fused-ring (bicyclic) bond motifs is 11. The summed E-state index contributed by atoms with van der Waals surface area (Å²) in [7, 11) is 0. The molecule has 4 heterocycles. The van der Waals surface area contributed by atoms with E-state index in [4.69, 9.17) is 1.37 Å². The fourth-order valence-electron chi connectivity index (χ4n) is 17.1. The van der Waals surface area contributed by atoms with Gasteiger partial charge in [-0.05, 0) is 183 Å². The van der Waals surface area contributed by atoms with Gasteiger partial charge in [0.15, 0.2) is 0 Å². The Bertz CT molecular complexity index is 6520. The van der Waals surface area contributed by atoms with Crippen LogP contribution in [0.25, 0.3) is 127 Å². The van der Waals surface area contributed by atoms with Crippen LogP contribution in [0.1, 0.15) is 85.9 Å². The molecule has 0 unspecified atom stereocenters. The summed E-state index contributed by atoms with van der Waals surface area (Å²) >= 11 is 0. The Hall–Kier alpha value is -12.4. The minimum atomic E-state index is -0.460. The van der Waals surface area contributed by atoms with Crippen molar-refractivity contribution in [3.05, 3.63) is 350 Å². The molecule has 514 valence electrons. The summed E-state index contributed by atoms with van der Waals surface area (Å²) < 4.78 is 49.1. The second kappa shape index (κ2) is 25.1. The first-order valence-corrected chi connectivity index (χ1v) is 37.4. The maximum atomic E-state index is 9.69. The highest BCUT2D eigenvalue weighted by Gasteiger charge is 2.46. The van der Waals surface area contributed by atoms with E-state index in [1.165, 1.54) is 21.9 Å². The average Bonchev–Trinajstić information content (AvgIpc) is 1.22. The van der Waals surface area contributed by atoms with E-state index in [0.717, 1.165) is 161 Å². The number of rotatable bonds is 10. The van der Waals surface area contributed by atoms with Crippen molar-refractivity contribution in [3.63, 3.8) is 0 Å². The Kier molecular flexibility index (Phi) is 14.1. The summed E-state index contributed by atoms with van der Waals surface area (Å²) in [5, 5.41) is 4.52. The summed E-state index contributed by atoms with van der Waals surface area (Å²) in [5.74, 6) is 0. The molecule has 0 bridgehead atoms. The summed E-state index contributed by atoms with van der Waals surface area (Å²) in [6.45, 7) is 20.2. The van der Waals surface area contributed by atoms with Crippen molar-refractivity contribution < 1.29 is 6.85 Å². The third-order valence-electron chi connectivity index (χ3n) is 22.5. The molecule has 0 fully saturated rings. The number of para-hydroxylation sites is 1. The number of aromatic nitrogens is 2. The van der Waals surface area contributed by atoms with Crippen molar-refractivity contribution >= 4 is 101 Å². The number of hydrogen-bond acceptors (Lipinski definition) is 2. The van der Waals surface area contributed by atoms with Crippen molar-refractivity contribution in [2.75, 3.05) is 9.80 Å². The molecule has 0 aliphatic carbocycles. The van der Waals surface area contributed by atoms with E-state index in [-0.39, 0.29) is 46.0 Å². The van der Waals surface area contributed by atoms with Crippen LogP contribution in [0.15, 0.2) is 334 Å². The van der Waals surface area contributed by atoms with Gasteiger partial charge in [0.1, 0.15) is 0 Å². The van der Waals surface area contributed by atoms with Crippen molar-refractivity contribution in [2.45, 2.75) is 78.6 Å². The van der Waals surface area contributed by atoms with Gasteiger partial charge in [0, 0.05) is 66.7 Å². The molecule has 2 aliphatic heterocycles. The van der Waals surface area contributed by atoms with Crippen molar-refractivity contribution in [2.24, 2.45) is 0 Å². The van der Waals surface area contributed by atoms with E-state index in [1.807, 2.05) is 6.07 Å². The second-order valence-electron chi connectivity index (χ2n) is 32.1. The molecule has 4 nitrogen and oxygen atoms in total. The first-order chi connectivity index (χ1) is 54.1. The van der Waals surface area contributed by atoms with Crippen LogP contribution in [0, 0.1) is 0 Å². The van der Waals surface area contributed by atoms with Gasteiger partial charge < -0.3 is 19.4 Å². The predicted molar refractivity (Wildman–Crippen MR) is 458 cm³/mol. The number of aromatic amines is 1. The van der Waals surface area contributed by atoms with Gasteiger partial charge in [-0.15, -0.1) is 0 Å². The average molecular weight is 1380 g/mol. The lowest BCUT2D eigenvalue weighted by Gasteiger charge is -2.45. The Morgan fingerprint density at radius 3 is 1.33 bits per heavy atom. The van der Waals surface area contributed by atoms with E-state index >= 15 is 0 Å². The van der Waals surface area contributed by atoms with E-state index in [0.29, 0.717) is 5.56 Å². The smallest absolute Gasteiger partial charge is 0.252 e. The third kappa shape index (κ3) is 11.0. The summed E-state index contributed by atoms with van der Waals surface area (Å²) in [5.41, 5.74) is 30.8. The van der Waals surface area contributed by atoms with Crippen LogP contribution in [0.5, 0.6) is 0 Å². The van der Waals surface area contributed by atoms with E-state index in [9.17, 15) is 5.48 Å². The fourth-order valence-corrected chi connectivity index (χ4v) is 17.1. The van der Waals surface area contributed by atoms with Crippen LogP contribution in [0.3, 0.4) is 0 Å². The van der Waals surface area contributed by atoms with Gasteiger partial charge in [0.2, 0.25) is 0 Å². The van der Waals surface area contributed by atoms with Crippen LogP contribution in [-0.4, -0.2) is 16.3 Å². The number of nitrogens with one attached hydrogen (secondary N) is 1. The monoisotopic (exact) mass is 1380 g/mol. The minimum Gasteiger partial charge on any atom is -0.354 e. The van der Waals surface area contributed by atoms with Crippen LogP contribution in [0.4, 0.5) is 34.1 Å². The molecule has 19 rings (SSSR count). The lowest BCUT2D eigenvalue weighted by atomic mass is 9.33. The molecule has 0 amide bonds. The van der Waals surface area contributed by atoms with Gasteiger partial charge in [-0.25, -0.2) is 0 Å². The highest BCUT2D eigenvalue weighted by atomic mass is 15.2. The largest absolute Gasteiger partial charge is 0.354 e. The number of benzene rings is 15. The molecule has 5 heteroatoms. The molecule has 0 saturated carbocycles. The summed E-state index contributed by atoms with van der Waals surface area (Å²) in [6, 6.07) is 109. The lowest BCUT2D eigenvalue weighted by molar-refractivity contribution is 0.590. The van der Waals surface area contributed by atoms with E-state index in [1.54, 1.807) is 0 Å². The van der Waals surface area contributed by atoms with Crippen molar-refractivity contribution in [1.29, 1.82) is 0 Å². The highest BCUT2D eigenvalue weighted by Crippen LogP contribution is 2.55. The topological polar surface area (TPSA) is 27.2 Å². The van der Waals surface area contributed by atoms with Crippen molar-refractivity contribution in [3.8, 4) is 83.6 Å². The molecule has 1 N–H and O–H groups in total. The zero-order valence-corrected chi connectivity index (χ0v) is 61.8. The fraction of sp³-hybridized carbons (Fsp3) is 0.118. The molecular weight excluding hydrogens is 1290 g/mol. The van der Waals surface area contributed by atoms with Gasteiger partial charge in [0.05, 0.1) is 40.3 Å². The number of H-pyrrole nitrogens is 1. The Morgan fingerprint density at radius 1 is 0.308 bits per heavy atom. The predicted octanol–water partition coefficient (Wildman–Crippen LogP) is 26.1. The normalized spacial score (nSPS) is 13.5. The molecule has 0 atom stereocenters. The first-order valence-electron chi connectivity index (χ1n) is 39.9. The number of nitrogens with zero attached hydrogens (tertiary/aromatic N) is 3. The maximum absolute atomic E-state index is 9.69. The van der Waals surface area contributed by atoms with Crippen LogP contribution in [-0.2, 0) is 16.2 Å². The molecule has 17 aromatic rings.